The molecule has 1 aliphatic heterocycles. The summed E-state index contributed by atoms with van der Waals surface area (Å²) in [5.74, 6) is 6.99. The molecule has 2 nitrogen and oxygen atoms in total. The molecule has 0 radical (unpaired) electrons. The summed E-state index contributed by atoms with van der Waals surface area (Å²) >= 11 is 0. The average Bonchev–Trinajstić information content (AvgIpc) is 2.51. The van der Waals surface area contributed by atoms with Crippen LogP contribution in [0.5, 0.6) is 0 Å². The molecular formula is C19H27NO. The number of hydrogen-bond acceptors (Lipinski definition) is 2. The first kappa shape index (κ1) is 16.1. The van der Waals surface area contributed by atoms with Crippen LogP contribution >= 0.6 is 0 Å². The highest BCUT2D eigenvalue weighted by atomic mass is 16.2. The number of aliphatic hydroxyl groups excluding tert-OH is 1. The zero-order chi connectivity index (χ0) is 14.9. The largest absolute Gasteiger partial charge is 0.395 e. The molecule has 0 atom stereocenters. The van der Waals surface area contributed by atoms with E-state index in [9.17, 15) is 0 Å². The summed E-state index contributed by atoms with van der Waals surface area (Å²) in [6, 6.07) is 8.54. The maximum atomic E-state index is 8.71. The zero-order valence-corrected chi connectivity index (χ0v) is 13.1. The molecule has 0 unspecified atom stereocenters. The molecule has 1 saturated heterocycles. The van der Waals surface area contributed by atoms with Gasteiger partial charge in [-0.1, -0.05) is 43.7 Å². The molecule has 0 spiro atoms. The van der Waals surface area contributed by atoms with E-state index >= 15 is 0 Å². The number of rotatable bonds is 5. The van der Waals surface area contributed by atoms with Gasteiger partial charge in [0.1, 0.15) is 0 Å². The zero-order valence-electron chi connectivity index (χ0n) is 13.1. The number of likely N-dealkylation sites (tertiary alicyclic amines) is 1. The Labute approximate surface area is 129 Å². The van der Waals surface area contributed by atoms with Gasteiger partial charge >= 0.3 is 0 Å². The Kier molecular flexibility index (Phi) is 6.79. The predicted octanol–water partition coefficient (Wildman–Crippen LogP) is 3.43. The molecule has 0 bridgehead atoms. The Balaban J connectivity index is 1.80. The highest BCUT2D eigenvalue weighted by molar-refractivity contribution is 5.36. The van der Waals surface area contributed by atoms with Crippen molar-refractivity contribution in [3.05, 3.63) is 35.4 Å². The van der Waals surface area contributed by atoms with E-state index in [0.29, 0.717) is 6.42 Å². The molecule has 2 heteroatoms. The normalized spacial score (nSPS) is 16.5. The first-order chi connectivity index (χ1) is 10.3. The second-order valence-corrected chi connectivity index (χ2v) is 5.98. The molecule has 1 fully saturated rings. The van der Waals surface area contributed by atoms with Crippen molar-refractivity contribution in [1.29, 1.82) is 0 Å². The number of nitrogens with zero attached hydrogens (tertiary/aromatic N) is 1. The molecule has 1 heterocycles. The summed E-state index contributed by atoms with van der Waals surface area (Å²) in [5.41, 5.74) is 2.41. The van der Waals surface area contributed by atoms with Gasteiger partial charge in [0.05, 0.1) is 6.61 Å². The third kappa shape index (κ3) is 5.53. The molecule has 1 N–H and O–H groups in total. The highest BCUT2D eigenvalue weighted by Crippen LogP contribution is 2.22. The van der Waals surface area contributed by atoms with E-state index in [0.717, 1.165) is 18.0 Å². The topological polar surface area (TPSA) is 23.5 Å². The molecular weight excluding hydrogens is 258 g/mol. The van der Waals surface area contributed by atoms with Crippen LogP contribution in [0.15, 0.2) is 24.3 Å². The van der Waals surface area contributed by atoms with Gasteiger partial charge in [0, 0.05) is 18.5 Å². The van der Waals surface area contributed by atoms with Gasteiger partial charge in [-0.05, 0) is 49.5 Å². The standard InChI is InChI=1S/C19H27NO/c1-2-5-17-11-13-20(14-12-17)16-19-9-7-18(8-10-19)6-3-4-15-21/h7-10,17,21H,2,4-5,11-16H2,1H3. The van der Waals surface area contributed by atoms with Gasteiger partial charge in [-0.15, -0.1) is 0 Å². The van der Waals surface area contributed by atoms with Crippen LogP contribution in [-0.2, 0) is 6.54 Å². The monoisotopic (exact) mass is 285 g/mol. The van der Waals surface area contributed by atoms with Crippen LogP contribution in [0.25, 0.3) is 0 Å². The van der Waals surface area contributed by atoms with Gasteiger partial charge in [-0.2, -0.15) is 0 Å². The Morgan fingerprint density at radius 2 is 1.90 bits per heavy atom. The quantitative estimate of drug-likeness (QED) is 0.838. The van der Waals surface area contributed by atoms with Crippen LogP contribution in [0.2, 0.25) is 0 Å². The van der Waals surface area contributed by atoms with E-state index < -0.39 is 0 Å². The molecule has 2 rings (SSSR count). The first-order valence-electron chi connectivity index (χ1n) is 8.23. The SMILES string of the molecule is CCCC1CCN(Cc2ccc(C#CCCO)cc2)CC1. The summed E-state index contributed by atoms with van der Waals surface area (Å²) in [7, 11) is 0. The van der Waals surface area contributed by atoms with E-state index in [4.69, 9.17) is 5.11 Å². The van der Waals surface area contributed by atoms with Crippen LogP contribution in [-0.4, -0.2) is 29.7 Å². The summed E-state index contributed by atoms with van der Waals surface area (Å²) in [6.07, 6.45) is 5.99. The minimum Gasteiger partial charge on any atom is -0.395 e. The van der Waals surface area contributed by atoms with Gasteiger partial charge in [-0.25, -0.2) is 0 Å². The summed E-state index contributed by atoms with van der Waals surface area (Å²) in [5, 5.41) is 8.71. The lowest BCUT2D eigenvalue weighted by Crippen LogP contribution is -2.33. The van der Waals surface area contributed by atoms with Gasteiger partial charge in [0.2, 0.25) is 0 Å². The minimum absolute atomic E-state index is 0.138. The average molecular weight is 285 g/mol. The minimum atomic E-state index is 0.138. The van der Waals surface area contributed by atoms with Crippen LogP contribution in [0.4, 0.5) is 0 Å². The molecule has 1 aromatic carbocycles. The van der Waals surface area contributed by atoms with Crippen molar-refractivity contribution in [3.63, 3.8) is 0 Å². The second kappa shape index (κ2) is 8.87. The van der Waals surface area contributed by atoms with E-state index in [2.05, 4.69) is 47.9 Å². The maximum Gasteiger partial charge on any atom is 0.0540 e. The van der Waals surface area contributed by atoms with Crippen molar-refractivity contribution >= 4 is 0 Å². The molecule has 114 valence electrons. The predicted molar refractivity (Wildman–Crippen MR) is 87.9 cm³/mol. The fourth-order valence-corrected chi connectivity index (χ4v) is 3.01. The lowest BCUT2D eigenvalue weighted by Gasteiger charge is -2.31. The molecule has 1 aromatic rings. The molecule has 0 aliphatic carbocycles. The number of benzene rings is 1. The van der Waals surface area contributed by atoms with E-state index in [1.165, 1.54) is 44.3 Å². The summed E-state index contributed by atoms with van der Waals surface area (Å²) < 4.78 is 0. The lowest BCUT2D eigenvalue weighted by molar-refractivity contribution is 0.172. The lowest BCUT2D eigenvalue weighted by atomic mass is 9.92. The van der Waals surface area contributed by atoms with Crippen LogP contribution in [0.1, 0.15) is 50.2 Å². The van der Waals surface area contributed by atoms with Gasteiger partial charge in [-0.3, -0.25) is 4.90 Å². The summed E-state index contributed by atoms with van der Waals surface area (Å²) in [6.45, 7) is 5.96. The third-order valence-corrected chi connectivity index (χ3v) is 4.23. The maximum absolute atomic E-state index is 8.71. The van der Waals surface area contributed by atoms with Crippen molar-refractivity contribution in [2.24, 2.45) is 5.92 Å². The van der Waals surface area contributed by atoms with E-state index in [1.807, 2.05) is 0 Å². The van der Waals surface area contributed by atoms with E-state index in [1.54, 1.807) is 0 Å². The highest BCUT2D eigenvalue weighted by Gasteiger charge is 2.18. The van der Waals surface area contributed by atoms with Crippen LogP contribution in [0, 0.1) is 17.8 Å². The summed E-state index contributed by atoms with van der Waals surface area (Å²) in [4.78, 5) is 2.57. The van der Waals surface area contributed by atoms with Crippen molar-refractivity contribution in [1.82, 2.24) is 4.90 Å². The number of hydrogen-bond donors (Lipinski definition) is 1. The van der Waals surface area contributed by atoms with E-state index in [-0.39, 0.29) is 6.61 Å². The van der Waals surface area contributed by atoms with Gasteiger partial charge in [0.15, 0.2) is 0 Å². The second-order valence-electron chi connectivity index (χ2n) is 5.98. The van der Waals surface area contributed by atoms with Crippen LogP contribution < -0.4 is 0 Å². The molecule has 0 amide bonds. The molecule has 0 aromatic heterocycles. The Morgan fingerprint density at radius 3 is 2.52 bits per heavy atom. The number of aliphatic hydroxyl groups is 1. The molecule has 21 heavy (non-hydrogen) atoms. The van der Waals surface area contributed by atoms with Gasteiger partial charge < -0.3 is 5.11 Å². The van der Waals surface area contributed by atoms with Crippen LogP contribution in [0.3, 0.4) is 0 Å². The van der Waals surface area contributed by atoms with Crippen molar-refractivity contribution < 1.29 is 5.11 Å². The Hall–Kier alpha value is -1.30. The smallest absolute Gasteiger partial charge is 0.0540 e. The number of piperidine rings is 1. The molecule has 1 aliphatic rings. The van der Waals surface area contributed by atoms with Crippen molar-refractivity contribution in [2.75, 3.05) is 19.7 Å². The fourth-order valence-electron chi connectivity index (χ4n) is 3.01. The Bertz CT molecular complexity index is 461. The Morgan fingerprint density at radius 1 is 1.19 bits per heavy atom. The fraction of sp³-hybridized carbons (Fsp3) is 0.579. The van der Waals surface area contributed by atoms with Gasteiger partial charge in [0.25, 0.3) is 0 Å². The van der Waals surface area contributed by atoms with Crippen molar-refractivity contribution in [2.45, 2.75) is 45.6 Å². The third-order valence-electron chi connectivity index (χ3n) is 4.23. The first-order valence-corrected chi connectivity index (χ1v) is 8.23. The molecule has 0 saturated carbocycles. The van der Waals surface area contributed by atoms with Crippen molar-refractivity contribution in [3.8, 4) is 11.8 Å².